The van der Waals surface area contributed by atoms with E-state index in [0.29, 0.717) is 0 Å². The lowest BCUT2D eigenvalue weighted by atomic mass is 9.98. The maximum atomic E-state index is 2.54. The summed E-state index contributed by atoms with van der Waals surface area (Å²) in [5.74, 6) is 0. The SMILES string of the molecule is C[Si]1(C)c2cc(-c3ccccc3)ccc2-c2ccc(N(c3ccc(-c4ccc5ccccc5c4)cc3)c3cccc4c3-c3ccccc3[Si]4(C)C)cc21.C[Si]1(C)c2ccccc2-c2cc(N(c3ccc(-c4ccccc4)cc3)c3ccc4c(c3)[Si](C)(C)c3cc(-c5ccc6ccccc6c5)ccc3-4)ccc21. The molecule has 0 unspecified atom stereocenters. The zero-order valence-electron chi connectivity index (χ0n) is 61.4. The summed E-state index contributed by atoms with van der Waals surface area (Å²) in [6.45, 7) is 20.1. The minimum absolute atomic E-state index is 1.17. The van der Waals surface area contributed by atoms with Crippen molar-refractivity contribution in [3.63, 3.8) is 0 Å². The second-order valence-corrected chi connectivity index (χ2v) is 48.9. The van der Waals surface area contributed by atoms with E-state index in [4.69, 9.17) is 0 Å². The van der Waals surface area contributed by atoms with Crippen LogP contribution in [-0.4, -0.2) is 32.3 Å². The molecule has 0 amide bonds. The van der Waals surface area contributed by atoms with Gasteiger partial charge in [-0.1, -0.05) is 325 Å². The molecule has 4 aliphatic rings. The van der Waals surface area contributed by atoms with Crippen LogP contribution in [0.2, 0.25) is 52.4 Å². The molecule has 0 fully saturated rings. The summed E-state index contributed by atoms with van der Waals surface area (Å²) >= 11 is 0. The van der Waals surface area contributed by atoms with Crippen molar-refractivity contribution in [3.05, 3.63) is 352 Å². The molecule has 0 spiro atoms. The Kier molecular flexibility index (Phi) is 15.5. The first kappa shape index (κ1) is 65.3. The van der Waals surface area contributed by atoms with Gasteiger partial charge in [-0.05, 0) is 225 Å². The zero-order chi connectivity index (χ0) is 71.8. The molecule has 4 heterocycles. The molecule has 6 heteroatoms. The standard InChI is InChI=1S/2C50H41NSi2/c1-52(2)46-19-11-10-17-44(46)50-45(18-12-20-47(50)52)51(40-26-23-36(24-27-40)38-22-21-35-15-8-9-16-37(35)31-38)41-28-30-43-42-29-25-39(34-13-6-5-7-14-34)32-48(42)53(3,4)49(43)33-41;1-52(2)47-17-11-10-16-43(47)46-32-41(26-29-48(46)52)51(40-23-20-36(21-24-40)34-12-6-5-7-13-34)42-25-28-45-44-27-22-39(31-49(44)53(3,4)50(45)33-42)38-19-18-35-14-8-9-15-37(35)30-38/h2*5-33H,1-4H3. The number of benzene rings is 16. The van der Waals surface area contributed by atoms with Gasteiger partial charge >= 0.3 is 0 Å². The number of rotatable bonds is 10. The van der Waals surface area contributed by atoms with Crippen LogP contribution in [-0.2, 0) is 0 Å². The minimum atomic E-state index is -2.04. The van der Waals surface area contributed by atoms with Crippen LogP contribution in [0.5, 0.6) is 0 Å². The van der Waals surface area contributed by atoms with E-state index in [0.717, 1.165) is 0 Å². The van der Waals surface area contributed by atoms with Gasteiger partial charge in [0.05, 0.1) is 5.69 Å². The predicted molar refractivity (Wildman–Crippen MR) is 468 cm³/mol. The Hall–Kier alpha value is -11.5. The first-order chi connectivity index (χ1) is 51.6. The molecule has 0 atom stereocenters. The van der Waals surface area contributed by atoms with E-state index in [9.17, 15) is 0 Å². The highest BCUT2D eigenvalue weighted by molar-refractivity contribution is 7.05. The molecule has 16 aromatic rings. The highest BCUT2D eigenvalue weighted by Gasteiger charge is 2.43. The molecular weight excluding hydrogens is 1340 g/mol. The van der Waals surface area contributed by atoms with Gasteiger partial charge < -0.3 is 9.80 Å². The molecule has 0 aliphatic carbocycles. The molecule has 2 nitrogen and oxygen atoms in total. The Morgan fingerprint density at radius 1 is 0.170 bits per heavy atom. The van der Waals surface area contributed by atoms with Gasteiger partial charge in [0.15, 0.2) is 0 Å². The van der Waals surface area contributed by atoms with Crippen molar-refractivity contribution in [2.45, 2.75) is 52.4 Å². The van der Waals surface area contributed by atoms with Crippen molar-refractivity contribution in [2.24, 2.45) is 0 Å². The third kappa shape index (κ3) is 10.7. The average molecular weight is 1420 g/mol. The van der Waals surface area contributed by atoms with Gasteiger partial charge in [0.25, 0.3) is 0 Å². The maximum Gasteiger partial charge on any atom is 0.113 e. The van der Waals surface area contributed by atoms with Crippen LogP contribution in [0.4, 0.5) is 34.1 Å². The number of hydrogen-bond donors (Lipinski definition) is 0. The Morgan fingerprint density at radius 2 is 0.491 bits per heavy atom. The molecule has 0 saturated carbocycles. The number of anilines is 6. The fourth-order valence-electron chi connectivity index (χ4n) is 18.3. The molecule has 0 N–H and O–H groups in total. The second kappa shape index (κ2) is 25.1. The highest BCUT2D eigenvalue weighted by atomic mass is 28.3. The molecule has 0 saturated heterocycles. The topological polar surface area (TPSA) is 6.48 Å². The van der Waals surface area contributed by atoms with Crippen LogP contribution in [0.1, 0.15) is 0 Å². The van der Waals surface area contributed by atoms with Crippen molar-refractivity contribution in [3.8, 4) is 89.0 Å². The summed E-state index contributed by atoms with van der Waals surface area (Å²) < 4.78 is 0. The fraction of sp³-hybridized carbons (Fsp3) is 0.0800. The second-order valence-electron chi connectivity index (χ2n) is 31.6. The monoisotopic (exact) mass is 1420 g/mol. The normalized spacial score (nSPS) is 14.3. The molecule has 20 rings (SSSR count). The molecule has 0 radical (unpaired) electrons. The van der Waals surface area contributed by atoms with Crippen LogP contribution >= 0.6 is 0 Å². The predicted octanol–water partition coefficient (Wildman–Crippen LogP) is 22.5. The zero-order valence-corrected chi connectivity index (χ0v) is 65.4. The average Bonchev–Trinajstić information content (AvgIpc) is 1.57. The first-order valence-electron chi connectivity index (χ1n) is 37.5. The van der Waals surface area contributed by atoms with Gasteiger partial charge in [0.2, 0.25) is 0 Å². The summed E-state index contributed by atoms with van der Waals surface area (Å²) in [6, 6.07) is 132. The third-order valence-corrected chi connectivity index (χ3v) is 38.3. The van der Waals surface area contributed by atoms with Crippen LogP contribution in [0.15, 0.2) is 352 Å². The smallest absolute Gasteiger partial charge is 0.113 e. The molecule has 106 heavy (non-hydrogen) atoms. The molecule has 4 aliphatic heterocycles. The maximum absolute atomic E-state index is 2.54. The largest absolute Gasteiger partial charge is 0.310 e. The van der Waals surface area contributed by atoms with E-state index in [1.807, 2.05) is 0 Å². The fourth-order valence-corrected chi connectivity index (χ4v) is 30.7. The summed E-state index contributed by atoms with van der Waals surface area (Å²) in [5, 5.41) is 17.3. The Morgan fingerprint density at radius 3 is 1.06 bits per heavy atom. The Labute approximate surface area is 627 Å². The van der Waals surface area contributed by atoms with E-state index >= 15 is 0 Å². The molecule has 508 valence electrons. The number of nitrogens with zero attached hydrogens (tertiary/aromatic N) is 2. The summed E-state index contributed by atoms with van der Waals surface area (Å²) in [5.41, 5.74) is 28.5. The lowest BCUT2D eigenvalue weighted by Crippen LogP contribution is -2.49. The summed E-state index contributed by atoms with van der Waals surface area (Å²) in [6.07, 6.45) is 0. The Balaban J connectivity index is 0.000000145. The van der Waals surface area contributed by atoms with Crippen LogP contribution in [0.25, 0.3) is 111 Å². The molecule has 0 bridgehead atoms. The molecule has 16 aromatic carbocycles. The number of hydrogen-bond acceptors (Lipinski definition) is 2. The lowest BCUT2D eigenvalue weighted by molar-refractivity contribution is 1.29. The first-order valence-corrected chi connectivity index (χ1v) is 49.5. The van der Waals surface area contributed by atoms with E-state index in [1.54, 1.807) is 0 Å². The van der Waals surface area contributed by atoms with Crippen molar-refractivity contribution in [1.82, 2.24) is 0 Å². The van der Waals surface area contributed by atoms with Crippen molar-refractivity contribution >= 4 is 129 Å². The van der Waals surface area contributed by atoms with Crippen LogP contribution < -0.4 is 51.3 Å². The summed E-state index contributed by atoms with van der Waals surface area (Å²) in [4.78, 5) is 5.03. The van der Waals surface area contributed by atoms with E-state index in [-0.39, 0.29) is 0 Å². The quantitative estimate of drug-likeness (QED) is 0.126. The van der Waals surface area contributed by atoms with Crippen molar-refractivity contribution in [2.75, 3.05) is 9.80 Å². The van der Waals surface area contributed by atoms with Gasteiger partial charge in [-0.2, -0.15) is 0 Å². The van der Waals surface area contributed by atoms with E-state index in [2.05, 4.69) is 414 Å². The van der Waals surface area contributed by atoms with Gasteiger partial charge in [0, 0.05) is 34.0 Å². The third-order valence-electron chi connectivity index (χ3n) is 24.1. The lowest BCUT2D eigenvalue weighted by Gasteiger charge is -2.30. The van der Waals surface area contributed by atoms with Crippen molar-refractivity contribution in [1.29, 1.82) is 0 Å². The van der Waals surface area contributed by atoms with Gasteiger partial charge in [0.1, 0.15) is 32.3 Å². The van der Waals surface area contributed by atoms with Gasteiger partial charge in [-0.3, -0.25) is 0 Å². The minimum Gasteiger partial charge on any atom is -0.310 e. The van der Waals surface area contributed by atoms with Gasteiger partial charge in [-0.15, -0.1) is 0 Å². The van der Waals surface area contributed by atoms with E-state index < -0.39 is 32.3 Å². The molecule has 0 aromatic heterocycles. The van der Waals surface area contributed by atoms with Crippen LogP contribution in [0.3, 0.4) is 0 Å². The molecular formula is C100H82N2Si4. The van der Waals surface area contributed by atoms with Crippen LogP contribution in [0, 0.1) is 0 Å². The summed E-state index contributed by atoms with van der Waals surface area (Å²) in [7, 11) is -7.70. The highest BCUT2D eigenvalue weighted by Crippen LogP contribution is 2.47. The van der Waals surface area contributed by atoms with Gasteiger partial charge in [-0.25, -0.2) is 0 Å². The van der Waals surface area contributed by atoms with Crippen molar-refractivity contribution < 1.29 is 0 Å². The Bertz CT molecular complexity index is 6210. The van der Waals surface area contributed by atoms with E-state index in [1.165, 1.54) is 186 Å². The number of fused-ring (bicyclic) bond motifs is 14.